The number of nitrogens with two attached hydrogens (primary N) is 1. The number of nitro groups is 1. The number of ether oxygens (including phenoxy) is 1. The third-order valence-electron chi connectivity index (χ3n) is 2.97. The predicted octanol–water partition coefficient (Wildman–Crippen LogP) is 1.51. The summed E-state index contributed by atoms with van der Waals surface area (Å²) < 4.78 is 5.08. The number of carbonyl (C=O) groups excluding carboxylic acids is 1. The molecule has 0 bridgehead atoms. The Bertz CT molecular complexity index is 591. The number of nitro benzene ring substituents is 1. The van der Waals surface area contributed by atoms with E-state index in [1.807, 2.05) is 0 Å². The summed E-state index contributed by atoms with van der Waals surface area (Å²) in [6, 6.07) is 4.54. The van der Waals surface area contributed by atoms with Crippen molar-refractivity contribution in [3.05, 3.63) is 39.9 Å². The Labute approximate surface area is 133 Å². The summed E-state index contributed by atoms with van der Waals surface area (Å²) in [4.78, 5) is 33.4. The van der Waals surface area contributed by atoms with E-state index >= 15 is 0 Å². The molecule has 0 aliphatic heterocycles. The highest BCUT2D eigenvalue weighted by molar-refractivity contribution is 5.95. The molecule has 8 nitrogen and oxygen atoms in total. The van der Waals surface area contributed by atoms with Crippen LogP contribution in [-0.4, -0.2) is 33.6 Å². The Morgan fingerprint density at radius 2 is 1.83 bits per heavy atom. The van der Waals surface area contributed by atoms with Crippen molar-refractivity contribution in [2.24, 2.45) is 11.7 Å². The van der Waals surface area contributed by atoms with E-state index in [1.165, 1.54) is 24.3 Å². The van der Waals surface area contributed by atoms with Crippen LogP contribution in [0.5, 0.6) is 0 Å². The van der Waals surface area contributed by atoms with Crippen molar-refractivity contribution in [1.82, 2.24) is 0 Å². The fraction of sp³-hybridized carbons (Fsp3) is 0.467. The zero-order valence-corrected chi connectivity index (χ0v) is 13.2. The number of hydrogen-bond acceptors (Lipinski definition) is 6. The zero-order chi connectivity index (χ0) is 17.8. The molecule has 0 radical (unpaired) electrons. The molecule has 0 aliphatic carbocycles. The minimum absolute atomic E-state index is 0.0776. The summed E-state index contributed by atoms with van der Waals surface area (Å²) in [5, 5.41) is 19.8. The van der Waals surface area contributed by atoms with Crippen LogP contribution in [0.3, 0.4) is 0 Å². The number of esters is 1. The number of aliphatic carboxylic acids is 1. The fourth-order valence-electron chi connectivity index (χ4n) is 1.97. The van der Waals surface area contributed by atoms with Gasteiger partial charge in [0.1, 0.15) is 5.60 Å². The molecule has 2 atom stereocenters. The summed E-state index contributed by atoms with van der Waals surface area (Å²) in [6.07, 6.45) is 0.0776. The maximum atomic E-state index is 12.0. The number of carbonyl (C=O) groups is 2. The minimum Gasteiger partial charge on any atom is -0.481 e. The number of rotatable bonds is 6. The molecule has 23 heavy (non-hydrogen) atoms. The van der Waals surface area contributed by atoms with Crippen LogP contribution in [0.15, 0.2) is 24.3 Å². The van der Waals surface area contributed by atoms with Crippen LogP contribution in [0.2, 0.25) is 0 Å². The van der Waals surface area contributed by atoms with E-state index < -0.39 is 34.4 Å². The van der Waals surface area contributed by atoms with Gasteiger partial charge in [0.25, 0.3) is 5.69 Å². The smallest absolute Gasteiger partial charge is 0.322 e. The molecule has 0 saturated carbocycles. The van der Waals surface area contributed by atoms with Crippen molar-refractivity contribution in [3.8, 4) is 0 Å². The maximum Gasteiger partial charge on any atom is 0.322 e. The van der Waals surface area contributed by atoms with E-state index in [9.17, 15) is 24.8 Å². The van der Waals surface area contributed by atoms with Gasteiger partial charge < -0.3 is 15.6 Å². The van der Waals surface area contributed by atoms with Crippen LogP contribution in [0.25, 0.3) is 0 Å². The Morgan fingerprint density at radius 3 is 2.22 bits per heavy atom. The Balaban J connectivity index is 2.86. The second kappa shape index (κ2) is 7.19. The standard InChI is InChI=1S/C15H20N2O6/c1-15(2,3)23-14(20)12(13(18)19)11(16)8-9-4-6-10(7-5-9)17(21)22/h4-7,11-12H,8,16H2,1-3H3,(H,18,19)/t11?,12-/m0/s1. The number of nitrogens with zero attached hydrogens (tertiary/aromatic N) is 1. The molecule has 3 N–H and O–H groups in total. The zero-order valence-electron chi connectivity index (χ0n) is 13.2. The summed E-state index contributed by atoms with van der Waals surface area (Å²) in [7, 11) is 0. The van der Waals surface area contributed by atoms with Gasteiger partial charge in [0.15, 0.2) is 5.92 Å². The highest BCUT2D eigenvalue weighted by Gasteiger charge is 2.36. The molecule has 0 aromatic heterocycles. The van der Waals surface area contributed by atoms with Crippen LogP contribution < -0.4 is 5.73 Å². The lowest BCUT2D eigenvalue weighted by atomic mass is 9.94. The van der Waals surface area contributed by atoms with Gasteiger partial charge in [-0.3, -0.25) is 19.7 Å². The normalized spacial score (nSPS) is 13.9. The van der Waals surface area contributed by atoms with Gasteiger partial charge in [-0.25, -0.2) is 0 Å². The summed E-state index contributed by atoms with van der Waals surface area (Å²) in [5.41, 5.74) is 5.55. The van der Waals surface area contributed by atoms with Crippen molar-refractivity contribution in [1.29, 1.82) is 0 Å². The molecule has 126 valence electrons. The van der Waals surface area contributed by atoms with Crippen LogP contribution >= 0.6 is 0 Å². The largest absolute Gasteiger partial charge is 0.481 e. The average Bonchev–Trinajstić information content (AvgIpc) is 2.36. The van der Waals surface area contributed by atoms with E-state index in [-0.39, 0.29) is 12.1 Å². The maximum absolute atomic E-state index is 12.0. The molecule has 0 spiro atoms. The Kier molecular flexibility index (Phi) is 5.80. The van der Waals surface area contributed by atoms with Crippen molar-refractivity contribution < 1.29 is 24.4 Å². The first-order valence-corrected chi connectivity index (χ1v) is 6.96. The molecule has 0 amide bonds. The molecule has 8 heteroatoms. The van der Waals surface area contributed by atoms with Gasteiger partial charge in [-0.15, -0.1) is 0 Å². The van der Waals surface area contributed by atoms with Crippen molar-refractivity contribution in [2.75, 3.05) is 0 Å². The number of non-ortho nitro benzene ring substituents is 1. The first kappa shape index (κ1) is 18.6. The molecule has 0 saturated heterocycles. The first-order valence-electron chi connectivity index (χ1n) is 6.96. The molecule has 0 fully saturated rings. The van der Waals surface area contributed by atoms with E-state index in [0.717, 1.165) is 0 Å². The van der Waals surface area contributed by atoms with Crippen molar-refractivity contribution in [2.45, 2.75) is 38.8 Å². The number of carboxylic acids is 1. The highest BCUT2D eigenvalue weighted by Crippen LogP contribution is 2.18. The summed E-state index contributed by atoms with van der Waals surface area (Å²) in [5.74, 6) is -3.78. The first-order chi connectivity index (χ1) is 10.5. The molecule has 1 rings (SSSR count). The molecular formula is C15H20N2O6. The van der Waals surface area contributed by atoms with Crippen LogP contribution in [0, 0.1) is 16.0 Å². The summed E-state index contributed by atoms with van der Waals surface area (Å²) in [6.45, 7) is 4.89. The van der Waals surface area contributed by atoms with Gasteiger partial charge in [0, 0.05) is 18.2 Å². The van der Waals surface area contributed by atoms with Crippen LogP contribution in [0.4, 0.5) is 5.69 Å². The quantitative estimate of drug-likeness (QED) is 0.350. The molecule has 1 unspecified atom stereocenters. The number of hydrogen-bond donors (Lipinski definition) is 2. The van der Waals surface area contributed by atoms with Gasteiger partial charge in [0.05, 0.1) is 4.92 Å². The highest BCUT2D eigenvalue weighted by atomic mass is 16.6. The fourth-order valence-corrected chi connectivity index (χ4v) is 1.97. The SMILES string of the molecule is CC(C)(C)OC(=O)[C@H](C(=O)O)C(N)Cc1ccc([N+](=O)[O-])cc1. The average molecular weight is 324 g/mol. The lowest BCUT2D eigenvalue weighted by Gasteiger charge is -2.25. The van der Waals surface area contributed by atoms with Crippen molar-refractivity contribution >= 4 is 17.6 Å². The third kappa shape index (κ3) is 5.67. The molecular weight excluding hydrogens is 304 g/mol. The van der Waals surface area contributed by atoms with Gasteiger partial charge in [-0.1, -0.05) is 12.1 Å². The number of carboxylic acid groups (broad SMARTS) is 1. The van der Waals surface area contributed by atoms with E-state index in [4.69, 9.17) is 10.5 Å². The second-order valence-electron chi connectivity index (χ2n) is 6.14. The van der Waals surface area contributed by atoms with Gasteiger partial charge in [0.2, 0.25) is 0 Å². The predicted molar refractivity (Wildman–Crippen MR) is 81.7 cm³/mol. The van der Waals surface area contributed by atoms with E-state index in [2.05, 4.69) is 0 Å². The third-order valence-corrected chi connectivity index (χ3v) is 2.97. The molecule has 0 aliphatic rings. The Morgan fingerprint density at radius 1 is 1.30 bits per heavy atom. The van der Waals surface area contributed by atoms with Gasteiger partial charge >= 0.3 is 11.9 Å². The second-order valence-corrected chi connectivity index (χ2v) is 6.14. The lowest BCUT2D eigenvalue weighted by molar-refractivity contribution is -0.384. The van der Waals surface area contributed by atoms with Crippen LogP contribution in [0.1, 0.15) is 26.3 Å². The Hall–Kier alpha value is -2.48. The molecule has 1 aromatic rings. The van der Waals surface area contributed by atoms with Crippen molar-refractivity contribution in [3.63, 3.8) is 0 Å². The molecule has 0 heterocycles. The summed E-state index contributed by atoms with van der Waals surface area (Å²) >= 11 is 0. The minimum atomic E-state index is -1.51. The monoisotopic (exact) mass is 324 g/mol. The van der Waals surface area contributed by atoms with E-state index in [0.29, 0.717) is 5.56 Å². The molecule has 1 aromatic carbocycles. The van der Waals surface area contributed by atoms with Gasteiger partial charge in [-0.05, 0) is 32.8 Å². The number of benzene rings is 1. The van der Waals surface area contributed by atoms with Gasteiger partial charge in [-0.2, -0.15) is 0 Å². The lowest BCUT2D eigenvalue weighted by Crippen LogP contribution is -2.45. The van der Waals surface area contributed by atoms with E-state index in [1.54, 1.807) is 20.8 Å². The van der Waals surface area contributed by atoms with Crippen LogP contribution in [-0.2, 0) is 20.7 Å². The topological polar surface area (TPSA) is 133 Å².